The Morgan fingerprint density at radius 3 is 2.62 bits per heavy atom. The van der Waals surface area contributed by atoms with Gasteiger partial charge in [-0.3, -0.25) is 0 Å². The van der Waals surface area contributed by atoms with Crippen LogP contribution >= 0.6 is 11.3 Å². The highest BCUT2D eigenvalue weighted by Crippen LogP contribution is 2.25. The maximum absolute atomic E-state index is 12.0. The van der Waals surface area contributed by atoms with Gasteiger partial charge in [-0.05, 0) is 18.6 Å². The highest BCUT2D eigenvalue weighted by molar-refractivity contribution is 7.12. The Bertz CT molecular complexity index is 260. The molecule has 2 N–H and O–H groups in total. The van der Waals surface area contributed by atoms with Crippen LogP contribution in [0, 0.1) is 0 Å². The van der Waals surface area contributed by atoms with Crippen LogP contribution in [-0.2, 0) is 6.42 Å². The molecule has 0 aliphatic carbocycles. The third kappa shape index (κ3) is 3.04. The fraction of sp³-hybridized carbons (Fsp3) is 0.556. The predicted molar refractivity (Wildman–Crippen MR) is 51.2 cm³/mol. The Morgan fingerprint density at radius 1 is 1.46 bits per heavy atom. The minimum absolute atomic E-state index is 0.246. The fourth-order valence-corrected chi connectivity index (χ4v) is 2.06. The first-order chi connectivity index (χ1) is 6.13. The van der Waals surface area contributed by atoms with E-state index in [1.165, 1.54) is 16.2 Å². The predicted octanol–water partition coefficient (Wildman–Crippen LogP) is 2.97. The number of aryl methyl sites for hydroxylation is 1. The van der Waals surface area contributed by atoms with E-state index < -0.39 is 12.5 Å². The normalized spacial score (nSPS) is 13.6. The van der Waals surface area contributed by atoms with Crippen molar-refractivity contribution in [2.75, 3.05) is 0 Å². The molecule has 13 heavy (non-hydrogen) atoms. The van der Waals surface area contributed by atoms with Crippen LogP contribution in [0.25, 0.3) is 0 Å². The molecule has 0 saturated heterocycles. The number of rotatable bonds is 4. The van der Waals surface area contributed by atoms with Crippen LogP contribution in [0.4, 0.5) is 8.78 Å². The molecule has 1 rings (SSSR count). The topological polar surface area (TPSA) is 26.0 Å². The van der Waals surface area contributed by atoms with E-state index in [0.717, 1.165) is 11.3 Å². The average molecular weight is 205 g/mol. The fourth-order valence-electron chi connectivity index (χ4n) is 1.09. The second kappa shape index (κ2) is 4.67. The zero-order chi connectivity index (χ0) is 9.84. The van der Waals surface area contributed by atoms with E-state index in [-0.39, 0.29) is 6.42 Å². The van der Waals surface area contributed by atoms with Gasteiger partial charge in [-0.2, -0.15) is 0 Å². The van der Waals surface area contributed by atoms with Crippen molar-refractivity contribution in [2.24, 2.45) is 5.73 Å². The van der Waals surface area contributed by atoms with Crippen LogP contribution in [-0.4, -0.2) is 6.43 Å². The molecule has 0 bridgehead atoms. The summed E-state index contributed by atoms with van der Waals surface area (Å²) in [7, 11) is 0. The number of hydrogen-bond donors (Lipinski definition) is 1. The van der Waals surface area contributed by atoms with Gasteiger partial charge in [-0.1, -0.05) is 6.92 Å². The molecule has 1 aromatic rings. The third-order valence-electron chi connectivity index (χ3n) is 1.83. The standard InChI is InChI=1S/C9H13F2NS/c1-2-6-3-4-8(13-6)7(12)5-9(10)11/h3-4,7,9H,2,5,12H2,1H3/t7-/m1/s1. The molecule has 0 unspecified atom stereocenters. The first-order valence-corrected chi connectivity index (χ1v) is 5.07. The lowest BCUT2D eigenvalue weighted by Gasteiger charge is -2.07. The summed E-state index contributed by atoms with van der Waals surface area (Å²) in [5, 5.41) is 0. The molecular formula is C9H13F2NS. The lowest BCUT2D eigenvalue weighted by Crippen LogP contribution is -2.12. The summed E-state index contributed by atoms with van der Waals surface area (Å²) in [6.45, 7) is 2.04. The Hall–Kier alpha value is -0.480. The van der Waals surface area contributed by atoms with Gasteiger partial charge in [0, 0.05) is 22.2 Å². The van der Waals surface area contributed by atoms with Gasteiger partial charge in [-0.25, -0.2) is 8.78 Å². The van der Waals surface area contributed by atoms with Gasteiger partial charge in [-0.15, -0.1) is 11.3 Å². The zero-order valence-electron chi connectivity index (χ0n) is 7.47. The van der Waals surface area contributed by atoms with Gasteiger partial charge in [0.25, 0.3) is 0 Å². The molecule has 0 aromatic carbocycles. The number of nitrogens with two attached hydrogens (primary N) is 1. The minimum atomic E-state index is -2.32. The maximum Gasteiger partial charge on any atom is 0.240 e. The van der Waals surface area contributed by atoms with Crippen molar-refractivity contribution in [2.45, 2.75) is 32.2 Å². The number of hydrogen-bond acceptors (Lipinski definition) is 2. The van der Waals surface area contributed by atoms with E-state index in [1.807, 2.05) is 19.1 Å². The minimum Gasteiger partial charge on any atom is -0.323 e. The summed E-state index contributed by atoms with van der Waals surface area (Å²) in [6.07, 6.45) is -1.63. The van der Waals surface area contributed by atoms with Crippen molar-refractivity contribution in [3.63, 3.8) is 0 Å². The monoisotopic (exact) mass is 205 g/mol. The SMILES string of the molecule is CCc1ccc([C@H](N)CC(F)F)s1. The Balaban J connectivity index is 2.60. The lowest BCUT2D eigenvalue weighted by atomic mass is 10.2. The molecule has 1 aromatic heterocycles. The molecule has 0 fully saturated rings. The number of thiophene rings is 1. The molecule has 74 valence electrons. The van der Waals surface area contributed by atoms with Crippen molar-refractivity contribution in [1.82, 2.24) is 0 Å². The Kier molecular flexibility index (Phi) is 3.81. The summed E-state index contributed by atoms with van der Waals surface area (Å²) in [4.78, 5) is 2.05. The molecule has 0 aliphatic rings. The van der Waals surface area contributed by atoms with E-state index in [2.05, 4.69) is 0 Å². The molecule has 0 saturated carbocycles. The molecule has 1 heterocycles. The van der Waals surface area contributed by atoms with Gasteiger partial charge in [0.05, 0.1) is 0 Å². The lowest BCUT2D eigenvalue weighted by molar-refractivity contribution is 0.129. The zero-order valence-corrected chi connectivity index (χ0v) is 8.28. The van der Waals surface area contributed by atoms with Gasteiger partial charge in [0.2, 0.25) is 6.43 Å². The molecular weight excluding hydrogens is 192 g/mol. The quantitative estimate of drug-likeness (QED) is 0.803. The molecule has 4 heteroatoms. The third-order valence-corrected chi connectivity index (χ3v) is 3.19. The van der Waals surface area contributed by atoms with Crippen LogP contribution in [0.1, 0.15) is 29.1 Å². The Labute approximate surface area is 80.6 Å². The summed E-state index contributed by atoms with van der Waals surface area (Å²) in [5.74, 6) is 0. The Morgan fingerprint density at radius 2 is 2.15 bits per heavy atom. The van der Waals surface area contributed by atoms with Crippen LogP contribution in [0.15, 0.2) is 12.1 Å². The molecule has 0 radical (unpaired) electrons. The van der Waals surface area contributed by atoms with Crippen molar-refractivity contribution < 1.29 is 8.78 Å². The van der Waals surface area contributed by atoms with Crippen molar-refractivity contribution in [1.29, 1.82) is 0 Å². The summed E-state index contributed by atoms with van der Waals surface area (Å²) < 4.78 is 24.0. The van der Waals surface area contributed by atoms with Crippen molar-refractivity contribution in [3.8, 4) is 0 Å². The smallest absolute Gasteiger partial charge is 0.240 e. The van der Waals surface area contributed by atoms with E-state index in [4.69, 9.17) is 5.73 Å². The molecule has 0 spiro atoms. The molecule has 0 aliphatic heterocycles. The highest BCUT2D eigenvalue weighted by atomic mass is 32.1. The van der Waals surface area contributed by atoms with Crippen LogP contribution in [0.3, 0.4) is 0 Å². The molecule has 1 nitrogen and oxygen atoms in total. The van der Waals surface area contributed by atoms with Gasteiger partial charge in [0.15, 0.2) is 0 Å². The van der Waals surface area contributed by atoms with E-state index in [1.54, 1.807) is 0 Å². The van der Waals surface area contributed by atoms with Crippen molar-refractivity contribution in [3.05, 3.63) is 21.9 Å². The molecule has 1 atom stereocenters. The van der Waals surface area contributed by atoms with E-state index in [0.29, 0.717) is 0 Å². The average Bonchev–Trinajstić information content (AvgIpc) is 2.50. The number of alkyl halides is 2. The van der Waals surface area contributed by atoms with Crippen molar-refractivity contribution >= 4 is 11.3 Å². The highest BCUT2D eigenvalue weighted by Gasteiger charge is 2.14. The van der Waals surface area contributed by atoms with Crippen LogP contribution < -0.4 is 5.73 Å². The summed E-state index contributed by atoms with van der Waals surface area (Å²) >= 11 is 1.52. The first-order valence-electron chi connectivity index (χ1n) is 4.25. The van der Waals surface area contributed by atoms with E-state index >= 15 is 0 Å². The first kappa shape index (κ1) is 10.6. The van der Waals surface area contributed by atoms with Gasteiger partial charge in [0.1, 0.15) is 0 Å². The van der Waals surface area contributed by atoms with Crippen LogP contribution in [0.2, 0.25) is 0 Å². The second-order valence-electron chi connectivity index (χ2n) is 2.89. The largest absolute Gasteiger partial charge is 0.323 e. The second-order valence-corrected chi connectivity index (χ2v) is 4.09. The maximum atomic E-state index is 12.0. The van der Waals surface area contributed by atoms with Crippen LogP contribution in [0.5, 0.6) is 0 Å². The van der Waals surface area contributed by atoms with Gasteiger partial charge >= 0.3 is 0 Å². The summed E-state index contributed by atoms with van der Waals surface area (Å²) in [5.41, 5.74) is 5.59. The molecule has 0 amide bonds. The van der Waals surface area contributed by atoms with E-state index in [9.17, 15) is 8.78 Å². The summed E-state index contributed by atoms with van der Waals surface area (Å²) in [6, 6.07) is 3.28. The number of halogens is 2. The van der Waals surface area contributed by atoms with Gasteiger partial charge < -0.3 is 5.73 Å².